The summed E-state index contributed by atoms with van der Waals surface area (Å²) in [7, 11) is -3.16. The SMILES string of the molecule is Cc1c(C(=O)OC(C)(C)C)c2cccnc2n1C(C)CS(C)(=O)=O. The molecule has 0 amide bonds. The van der Waals surface area contributed by atoms with E-state index in [1.807, 2.05) is 20.8 Å². The third-order valence-electron chi connectivity index (χ3n) is 3.60. The Balaban J connectivity index is 2.62. The summed E-state index contributed by atoms with van der Waals surface area (Å²) in [4.78, 5) is 17.0. The van der Waals surface area contributed by atoms with Crippen molar-refractivity contribution in [3.05, 3.63) is 29.6 Å². The van der Waals surface area contributed by atoms with Crippen LogP contribution in [-0.2, 0) is 14.6 Å². The highest BCUT2D eigenvalue weighted by atomic mass is 32.2. The van der Waals surface area contributed by atoms with Crippen LogP contribution in [0.4, 0.5) is 0 Å². The van der Waals surface area contributed by atoms with Crippen molar-refractivity contribution in [1.82, 2.24) is 9.55 Å². The Kier molecular flexibility index (Phi) is 4.77. The Hall–Kier alpha value is -1.89. The van der Waals surface area contributed by atoms with E-state index in [0.29, 0.717) is 22.3 Å². The maximum absolute atomic E-state index is 12.6. The Labute approximate surface area is 142 Å². The van der Waals surface area contributed by atoms with Gasteiger partial charge in [0.05, 0.1) is 11.3 Å². The first-order valence-electron chi connectivity index (χ1n) is 7.77. The first kappa shape index (κ1) is 18.4. The van der Waals surface area contributed by atoms with Crippen molar-refractivity contribution in [3.8, 4) is 0 Å². The zero-order chi connectivity index (χ0) is 18.3. The van der Waals surface area contributed by atoms with Gasteiger partial charge < -0.3 is 9.30 Å². The molecule has 132 valence electrons. The van der Waals surface area contributed by atoms with Crippen LogP contribution < -0.4 is 0 Å². The molecule has 0 bridgehead atoms. The molecule has 0 aliphatic carbocycles. The van der Waals surface area contributed by atoms with E-state index in [9.17, 15) is 13.2 Å². The second-order valence-electron chi connectivity index (χ2n) is 7.15. The van der Waals surface area contributed by atoms with Gasteiger partial charge in [0.15, 0.2) is 0 Å². The van der Waals surface area contributed by atoms with Crippen molar-refractivity contribution in [3.63, 3.8) is 0 Å². The van der Waals surface area contributed by atoms with Crippen molar-refractivity contribution in [2.45, 2.75) is 46.3 Å². The minimum absolute atomic E-state index is 0.0258. The number of sulfone groups is 1. The maximum Gasteiger partial charge on any atom is 0.341 e. The molecule has 2 aromatic rings. The average Bonchev–Trinajstić information content (AvgIpc) is 2.66. The van der Waals surface area contributed by atoms with Crippen molar-refractivity contribution >= 4 is 26.8 Å². The highest BCUT2D eigenvalue weighted by Gasteiger charge is 2.27. The number of hydrogen-bond acceptors (Lipinski definition) is 5. The van der Waals surface area contributed by atoms with Gasteiger partial charge >= 0.3 is 5.97 Å². The lowest BCUT2D eigenvalue weighted by Crippen LogP contribution is -2.24. The monoisotopic (exact) mass is 352 g/mol. The third-order valence-corrected chi connectivity index (χ3v) is 4.68. The van der Waals surface area contributed by atoms with Gasteiger partial charge in [0.1, 0.15) is 21.1 Å². The Morgan fingerprint density at radius 2 is 2.00 bits per heavy atom. The number of nitrogens with zero attached hydrogens (tertiary/aromatic N) is 2. The topological polar surface area (TPSA) is 78.3 Å². The molecule has 2 rings (SSSR count). The van der Waals surface area contributed by atoms with E-state index in [1.165, 1.54) is 6.26 Å². The molecule has 7 heteroatoms. The summed E-state index contributed by atoms with van der Waals surface area (Å²) < 4.78 is 30.6. The number of hydrogen-bond donors (Lipinski definition) is 0. The molecule has 0 aliphatic rings. The molecule has 0 N–H and O–H groups in total. The minimum atomic E-state index is -3.16. The van der Waals surface area contributed by atoms with Crippen LogP contribution in [0.15, 0.2) is 18.3 Å². The van der Waals surface area contributed by atoms with Crippen LogP contribution in [0.25, 0.3) is 11.0 Å². The summed E-state index contributed by atoms with van der Waals surface area (Å²) in [6.07, 6.45) is 2.83. The van der Waals surface area contributed by atoms with Gasteiger partial charge in [-0.1, -0.05) is 0 Å². The lowest BCUT2D eigenvalue weighted by molar-refractivity contribution is 0.00707. The van der Waals surface area contributed by atoms with Crippen LogP contribution in [0.3, 0.4) is 0 Å². The van der Waals surface area contributed by atoms with E-state index >= 15 is 0 Å². The molecular formula is C17H24N2O4S. The van der Waals surface area contributed by atoms with Crippen LogP contribution >= 0.6 is 0 Å². The van der Waals surface area contributed by atoms with Gasteiger partial charge in [-0.3, -0.25) is 0 Å². The lowest BCUT2D eigenvalue weighted by atomic mass is 10.1. The van der Waals surface area contributed by atoms with E-state index in [-0.39, 0.29) is 11.8 Å². The van der Waals surface area contributed by atoms with Crippen LogP contribution in [0.1, 0.15) is 49.8 Å². The van der Waals surface area contributed by atoms with Crippen molar-refractivity contribution in [2.75, 3.05) is 12.0 Å². The van der Waals surface area contributed by atoms with E-state index in [2.05, 4.69) is 4.98 Å². The second kappa shape index (κ2) is 6.20. The lowest BCUT2D eigenvalue weighted by Gasteiger charge is -2.20. The molecule has 1 unspecified atom stereocenters. The fraction of sp³-hybridized carbons (Fsp3) is 0.529. The summed E-state index contributed by atoms with van der Waals surface area (Å²) >= 11 is 0. The van der Waals surface area contributed by atoms with E-state index in [1.54, 1.807) is 36.7 Å². The minimum Gasteiger partial charge on any atom is -0.456 e. The standard InChI is InChI=1S/C17H24N2O4S/c1-11(10-24(6,21)22)19-12(2)14(16(20)23-17(3,4)5)13-8-7-9-18-15(13)19/h7-9,11H,10H2,1-6H3. The predicted octanol–water partition coefficient (Wildman–Crippen LogP) is 2.91. The first-order chi connectivity index (χ1) is 10.9. The zero-order valence-electron chi connectivity index (χ0n) is 15.0. The van der Waals surface area contributed by atoms with Crippen LogP contribution in [-0.4, -0.2) is 41.5 Å². The average molecular weight is 352 g/mol. The Bertz CT molecular complexity index is 876. The smallest absolute Gasteiger partial charge is 0.341 e. The molecule has 0 spiro atoms. The van der Waals surface area contributed by atoms with Crippen LogP contribution in [0.5, 0.6) is 0 Å². The molecule has 24 heavy (non-hydrogen) atoms. The Morgan fingerprint density at radius 1 is 1.38 bits per heavy atom. The number of carbonyl (C=O) groups excluding carboxylic acids is 1. The molecule has 0 fully saturated rings. The zero-order valence-corrected chi connectivity index (χ0v) is 15.8. The van der Waals surface area contributed by atoms with Crippen molar-refractivity contribution in [1.29, 1.82) is 0 Å². The molecule has 1 atom stereocenters. The summed E-state index contributed by atoms with van der Waals surface area (Å²) in [6.45, 7) is 9.03. The molecule has 0 radical (unpaired) electrons. The highest BCUT2D eigenvalue weighted by molar-refractivity contribution is 7.90. The number of carbonyl (C=O) groups is 1. The van der Waals surface area contributed by atoms with Crippen LogP contribution in [0, 0.1) is 6.92 Å². The summed E-state index contributed by atoms with van der Waals surface area (Å²) in [5.74, 6) is -0.453. The molecule has 0 saturated heterocycles. The van der Waals surface area contributed by atoms with Gasteiger partial charge in [-0.15, -0.1) is 0 Å². The maximum atomic E-state index is 12.6. The van der Waals surface area contributed by atoms with Gasteiger partial charge in [-0.05, 0) is 46.8 Å². The fourth-order valence-electron chi connectivity index (χ4n) is 2.90. The molecule has 2 heterocycles. The van der Waals surface area contributed by atoms with Crippen LogP contribution in [0.2, 0.25) is 0 Å². The predicted molar refractivity (Wildman–Crippen MR) is 94.1 cm³/mol. The quantitative estimate of drug-likeness (QED) is 0.791. The summed E-state index contributed by atoms with van der Waals surface area (Å²) in [5, 5.41) is 0.671. The second-order valence-corrected chi connectivity index (χ2v) is 9.33. The highest BCUT2D eigenvalue weighted by Crippen LogP contribution is 2.29. The van der Waals surface area contributed by atoms with Gasteiger partial charge in [-0.25, -0.2) is 18.2 Å². The van der Waals surface area contributed by atoms with E-state index in [4.69, 9.17) is 4.74 Å². The van der Waals surface area contributed by atoms with E-state index in [0.717, 1.165) is 0 Å². The number of pyridine rings is 1. The van der Waals surface area contributed by atoms with Crippen molar-refractivity contribution in [2.24, 2.45) is 0 Å². The van der Waals surface area contributed by atoms with Gasteiger partial charge in [0.25, 0.3) is 0 Å². The van der Waals surface area contributed by atoms with Gasteiger partial charge in [-0.2, -0.15) is 0 Å². The van der Waals surface area contributed by atoms with Gasteiger partial charge in [0, 0.05) is 29.6 Å². The number of ether oxygens (including phenoxy) is 1. The molecule has 0 aromatic carbocycles. The third kappa shape index (κ3) is 3.95. The first-order valence-corrected chi connectivity index (χ1v) is 9.83. The number of fused-ring (bicyclic) bond motifs is 1. The Morgan fingerprint density at radius 3 is 2.54 bits per heavy atom. The van der Waals surface area contributed by atoms with Gasteiger partial charge in [0.2, 0.25) is 0 Å². The molecule has 0 aliphatic heterocycles. The largest absolute Gasteiger partial charge is 0.456 e. The number of aromatic nitrogens is 2. The molecule has 2 aromatic heterocycles. The molecule has 0 saturated carbocycles. The number of esters is 1. The molecular weight excluding hydrogens is 328 g/mol. The number of rotatable bonds is 4. The summed E-state index contributed by atoms with van der Waals surface area (Å²) in [5.41, 5.74) is 1.08. The fourth-order valence-corrected chi connectivity index (χ4v) is 3.92. The summed E-state index contributed by atoms with van der Waals surface area (Å²) in [6, 6.07) is 3.22. The molecule has 6 nitrogen and oxygen atoms in total. The van der Waals surface area contributed by atoms with E-state index < -0.39 is 21.4 Å². The normalized spacial score (nSPS) is 13.9. The van der Waals surface area contributed by atoms with Crippen molar-refractivity contribution < 1.29 is 17.9 Å².